The standard InChI is InChI=1S/C11H6N5/c1-2-4-10-8(3-1)9(5-15-16-10)11-13-6-12-7-14-11/h1-4,6-7H. The highest BCUT2D eigenvalue weighted by molar-refractivity contribution is 5.91. The van der Waals surface area contributed by atoms with Crippen molar-refractivity contribution >= 4 is 10.9 Å². The molecule has 0 amide bonds. The van der Waals surface area contributed by atoms with E-state index in [1.807, 2.05) is 24.3 Å². The Kier molecular flexibility index (Phi) is 2.00. The van der Waals surface area contributed by atoms with Crippen LogP contribution in [0, 0.1) is 6.20 Å². The van der Waals surface area contributed by atoms with Gasteiger partial charge in [0.25, 0.3) is 0 Å². The van der Waals surface area contributed by atoms with Crippen molar-refractivity contribution < 1.29 is 0 Å². The fourth-order valence-electron chi connectivity index (χ4n) is 1.50. The first-order valence-electron chi connectivity index (χ1n) is 4.70. The highest BCUT2D eigenvalue weighted by atomic mass is 15.1. The predicted molar refractivity (Wildman–Crippen MR) is 57.2 cm³/mol. The van der Waals surface area contributed by atoms with Crippen LogP contribution in [0.3, 0.4) is 0 Å². The summed E-state index contributed by atoms with van der Waals surface area (Å²) in [5.41, 5.74) is 1.55. The molecule has 0 aliphatic heterocycles. The molecule has 3 rings (SSSR count). The second kappa shape index (κ2) is 3.62. The summed E-state index contributed by atoms with van der Waals surface area (Å²) >= 11 is 0. The Labute approximate surface area is 91.2 Å². The van der Waals surface area contributed by atoms with Crippen LogP contribution in [-0.4, -0.2) is 25.1 Å². The van der Waals surface area contributed by atoms with Gasteiger partial charge < -0.3 is 0 Å². The quantitative estimate of drug-likeness (QED) is 0.602. The molecule has 5 nitrogen and oxygen atoms in total. The molecule has 16 heavy (non-hydrogen) atoms. The summed E-state index contributed by atoms with van der Waals surface area (Å²) in [6, 6.07) is 7.68. The molecule has 75 valence electrons. The van der Waals surface area contributed by atoms with Gasteiger partial charge in [0, 0.05) is 5.39 Å². The molecule has 3 aromatic rings. The van der Waals surface area contributed by atoms with Gasteiger partial charge >= 0.3 is 0 Å². The fourth-order valence-corrected chi connectivity index (χ4v) is 1.50. The third kappa shape index (κ3) is 1.38. The van der Waals surface area contributed by atoms with Gasteiger partial charge in [0.15, 0.2) is 5.82 Å². The Bertz CT molecular complexity index is 618. The first kappa shape index (κ1) is 8.84. The van der Waals surface area contributed by atoms with E-state index in [4.69, 9.17) is 0 Å². The number of hydrogen-bond acceptors (Lipinski definition) is 5. The van der Waals surface area contributed by atoms with E-state index in [1.165, 1.54) is 12.7 Å². The van der Waals surface area contributed by atoms with Crippen LogP contribution >= 0.6 is 0 Å². The number of benzene rings is 1. The van der Waals surface area contributed by atoms with E-state index in [9.17, 15) is 0 Å². The van der Waals surface area contributed by atoms with Crippen LogP contribution in [0.1, 0.15) is 0 Å². The number of rotatable bonds is 1. The monoisotopic (exact) mass is 208 g/mol. The highest BCUT2D eigenvalue weighted by Gasteiger charge is 2.07. The van der Waals surface area contributed by atoms with Crippen molar-refractivity contribution in [2.45, 2.75) is 0 Å². The van der Waals surface area contributed by atoms with Crippen LogP contribution in [0.4, 0.5) is 0 Å². The number of hydrogen-bond donors (Lipinski definition) is 0. The number of nitrogens with zero attached hydrogens (tertiary/aromatic N) is 5. The summed E-state index contributed by atoms with van der Waals surface area (Å²) in [4.78, 5) is 11.9. The lowest BCUT2D eigenvalue weighted by Crippen LogP contribution is -1.93. The molecule has 0 saturated heterocycles. The second-order valence-corrected chi connectivity index (χ2v) is 3.17. The maximum atomic E-state index is 4.08. The Morgan fingerprint density at radius 2 is 1.81 bits per heavy atom. The highest BCUT2D eigenvalue weighted by Crippen LogP contribution is 2.21. The minimum Gasteiger partial charge on any atom is -0.225 e. The first-order chi connectivity index (χ1) is 7.95. The molecule has 0 N–H and O–H groups in total. The zero-order valence-electron chi connectivity index (χ0n) is 8.20. The van der Waals surface area contributed by atoms with E-state index >= 15 is 0 Å². The van der Waals surface area contributed by atoms with Gasteiger partial charge in [0.1, 0.15) is 18.9 Å². The molecule has 0 fully saturated rings. The average Bonchev–Trinajstić information content (AvgIpc) is 2.39. The molecule has 1 aromatic carbocycles. The number of fused-ring (bicyclic) bond motifs is 1. The van der Waals surface area contributed by atoms with E-state index in [1.54, 1.807) is 0 Å². The Hall–Kier alpha value is -2.43. The summed E-state index contributed by atoms with van der Waals surface area (Å²) in [5.74, 6) is 0.557. The molecule has 2 aromatic heterocycles. The van der Waals surface area contributed by atoms with Gasteiger partial charge in [0.2, 0.25) is 0 Å². The van der Waals surface area contributed by atoms with E-state index < -0.39 is 0 Å². The summed E-state index contributed by atoms with van der Waals surface area (Å²) in [6.45, 7) is 0. The zero-order chi connectivity index (χ0) is 10.8. The van der Waals surface area contributed by atoms with Gasteiger partial charge in [-0.3, -0.25) is 0 Å². The summed E-state index contributed by atoms with van der Waals surface area (Å²) in [7, 11) is 0. The van der Waals surface area contributed by atoms with Crippen molar-refractivity contribution in [1.82, 2.24) is 25.1 Å². The van der Waals surface area contributed by atoms with Crippen molar-refractivity contribution in [3.63, 3.8) is 0 Å². The minimum atomic E-state index is 0.557. The smallest absolute Gasteiger partial charge is 0.165 e. The number of aromatic nitrogens is 5. The molecule has 0 bridgehead atoms. The zero-order valence-corrected chi connectivity index (χ0v) is 8.20. The van der Waals surface area contributed by atoms with Gasteiger partial charge in [0.05, 0.1) is 11.1 Å². The predicted octanol–water partition coefficient (Wildman–Crippen LogP) is 1.28. The molecule has 2 heterocycles. The molecule has 0 aliphatic rings. The van der Waals surface area contributed by atoms with Crippen LogP contribution in [0.2, 0.25) is 0 Å². The Morgan fingerprint density at radius 3 is 2.69 bits per heavy atom. The van der Waals surface area contributed by atoms with Crippen LogP contribution in [0.15, 0.2) is 36.9 Å². The van der Waals surface area contributed by atoms with Gasteiger partial charge in [-0.2, -0.15) is 0 Å². The topological polar surface area (TPSA) is 64.5 Å². The molecule has 5 heteroatoms. The summed E-state index contributed by atoms with van der Waals surface area (Å²) in [6.07, 6.45) is 5.71. The SMILES string of the molecule is [c]1nnc2ccccc2c1-c1ncncn1. The van der Waals surface area contributed by atoms with Gasteiger partial charge in [-0.25, -0.2) is 15.0 Å². The maximum absolute atomic E-state index is 4.08. The lowest BCUT2D eigenvalue weighted by molar-refractivity contribution is 1.03. The molecule has 0 atom stereocenters. The molecule has 1 radical (unpaired) electrons. The largest absolute Gasteiger partial charge is 0.225 e. The molecular weight excluding hydrogens is 202 g/mol. The third-order valence-corrected chi connectivity index (χ3v) is 2.21. The lowest BCUT2D eigenvalue weighted by Gasteiger charge is -2.01. The van der Waals surface area contributed by atoms with Gasteiger partial charge in [-0.05, 0) is 6.07 Å². The van der Waals surface area contributed by atoms with Crippen LogP contribution in [0.25, 0.3) is 22.3 Å². The average molecular weight is 208 g/mol. The summed E-state index contributed by atoms with van der Waals surface area (Å²) in [5, 5.41) is 8.74. The normalized spacial score (nSPS) is 10.5. The Balaban J connectivity index is 2.32. The summed E-state index contributed by atoms with van der Waals surface area (Å²) < 4.78 is 0. The van der Waals surface area contributed by atoms with E-state index in [0.717, 1.165) is 16.5 Å². The molecule has 0 aliphatic carbocycles. The third-order valence-electron chi connectivity index (χ3n) is 2.21. The van der Waals surface area contributed by atoms with Crippen molar-refractivity contribution in [3.05, 3.63) is 43.1 Å². The second-order valence-electron chi connectivity index (χ2n) is 3.17. The van der Waals surface area contributed by atoms with E-state index in [-0.39, 0.29) is 0 Å². The van der Waals surface area contributed by atoms with Crippen LogP contribution in [0.5, 0.6) is 0 Å². The van der Waals surface area contributed by atoms with Crippen molar-refractivity contribution in [2.75, 3.05) is 0 Å². The molecule has 0 saturated carbocycles. The first-order valence-corrected chi connectivity index (χ1v) is 4.70. The Morgan fingerprint density at radius 1 is 1.00 bits per heavy atom. The molecular formula is C11H6N5. The van der Waals surface area contributed by atoms with Crippen molar-refractivity contribution in [1.29, 1.82) is 0 Å². The van der Waals surface area contributed by atoms with Gasteiger partial charge in [-0.1, -0.05) is 18.2 Å². The van der Waals surface area contributed by atoms with Crippen molar-refractivity contribution in [2.24, 2.45) is 0 Å². The van der Waals surface area contributed by atoms with E-state index in [0.29, 0.717) is 5.82 Å². The molecule has 0 spiro atoms. The van der Waals surface area contributed by atoms with E-state index in [2.05, 4.69) is 31.3 Å². The van der Waals surface area contributed by atoms with Crippen LogP contribution in [-0.2, 0) is 0 Å². The van der Waals surface area contributed by atoms with Gasteiger partial charge in [-0.15, -0.1) is 10.2 Å². The molecule has 0 unspecified atom stereocenters. The lowest BCUT2D eigenvalue weighted by atomic mass is 10.1. The maximum Gasteiger partial charge on any atom is 0.165 e. The minimum absolute atomic E-state index is 0.557. The fraction of sp³-hybridized carbons (Fsp3) is 0. The van der Waals surface area contributed by atoms with Crippen LogP contribution < -0.4 is 0 Å². The van der Waals surface area contributed by atoms with Crippen molar-refractivity contribution in [3.8, 4) is 11.4 Å².